The summed E-state index contributed by atoms with van der Waals surface area (Å²) in [5, 5.41) is 0. The summed E-state index contributed by atoms with van der Waals surface area (Å²) in [4.78, 5) is 0. The Morgan fingerprint density at radius 3 is 2.67 bits per heavy atom. The van der Waals surface area contributed by atoms with Crippen molar-refractivity contribution in [2.45, 2.75) is 31.7 Å². The van der Waals surface area contributed by atoms with Crippen molar-refractivity contribution in [1.29, 1.82) is 0 Å². The standard InChI is InChI=1S/C8H14O2S2/c1-2-4-9-8(3-1)10-7-5-11-12-6-7/h7-8H,1-6H2. The van der Waals surface area contributed by atoms with Crippen molar-refractivity contribution in [2.24, 2.45) is 0 Å². The summed E-state index contributed by atoms with van der Waals surface area (Å²) < 4.78 is 11.3. The highest BCUT2D eigenvalue weighted by atomic mass is 33.1. The molecule has 0 aromatic rings. The lowest BCUT2D eigenvalue weighted by atomic mass is 10.2. The highest BCUT2D eigenvalue weighted by molar-refractivity contribution is 8.77. The molecule has 0 N–H and O–H groups in total. The van der Waals surface area contributed by atoms with Gasteiger partial charge in [0, 0.05) is 18.1 Å². The Morgan fingerprint density at radius 1 is 1.17 bits per heavy atom. The second kappa shape index (κ2) is 4.74. The van der Waals surface area contributed by atoms with Gasteiger partial charge in [0.2, 0.25) is 0 Å². The molecular formula is C8H14O2S2. The van der Waals surface area contributed by atoms with Crippen LogP contribution in [0.5, 0.6) is 0 Å². The second-order valence-electron chi connectivity index (χ2n) is 3.12. The van der Waals surface area contributed by atoms with E-state index in [0.29, 0.717) is 6.10 Å². The van der Waals surface area contributed by atoms with Crippen LogP contribution in [0.4, 0.5) is 0 Å². The predicted molar refractivity (Wildman–Crippen MR) is 53.4 cm³/mol. The summed E-state index contributed by atoms with van der Waals surface area (Å²) in [6.07, 6.45) is 4.09. The summed E-state index contributed by atoms with van der Waals surface area (Å²) in [5.74, 6) is 2.26. The molecule has 0 aliphatic carbocycles. The summed E-state index contributed by atoms with van der Waals surface area (Å²) in [6, 6.07) is 0. The van der Waals surface area contributed by atoms with Crippen LogP contribution in [-0.4, -0.2) is 30.5 Å². The molecule has 0 saturated carbocycles. The average molecular weight is 206 g/mol. The first-order chi connectivity index (χ1) is 5.95. The Hall–Kier alpha value is 0.620. The fourth-order valence-electron chi connectivity index (χ4n) is 1.41. The SMILES string of the molecule is C1CCC(OC2CSSC2)OC1. The van der Waals surface area contributed by atoms with E-state index in [1.54, 1.807) is 0 Å². The molecule has 2 fully saturated rings. The average Bonchev–Trinajstić information content (AvgIpc) is 2.59. The summed E-state index contributed by atoms with van der Waals surface area (Å²) >= 11 is 0. The Morgan fingerprint density at radius 2 is 2.00 bits per heavy atom. The summed E-state index contributed by atoms with van der Waals surface area (Å²) in [5.41, 5.74) is 0. The smallest absolute Gasteiger partial charge is 0.158 e. The zero-order chi connectivity index (χ0) is 8.23. The van der Waals surface area contributed by atoms with Crippen molar-refractivity contribution in [3.05, 3.63) is 0 Å². The predicted octanol–water partition coefficient (Wildman–Crippen LogP) is 2.29. The van der Waals surface area contributed by atoms with Gasteiger partial charge in [-0.2, -0.15) is 0 Å². The molecule has 0 amide bonds. The van der Waals surface area contributed by atoms with E-state index < -0.39 is 0 Å². The van der Waals surface area contributed by atoms with E-state index in [4.69, 9.17) is 9.47 Å². The van der Waals surface area contributed by atoms with Crippen LogP contribution >= 0.6 is 21.6 Å². The van der Waals surface area contributed by atoms with Gasteiger partial charge in [0.25, 0.3) is 0 Å². The number of ether oxygens (including phenoxy) is 2. The summed E-state index contributed by atoms with van der Waals surface area (Å²) in [6.45, 7) is 0.887. The fraction of sp³-hybridized carbons (Fsp3) is 1.00. The Balaban J connectivity index is 1.69. The molecule has 1 unspecified atom stereocenters. The fourth-order valence-corrected chi connectivity index (χ4v) is 3.93. The maximum absolute atomic E-state index is 5.79. The topological polar surface area (TPSA) is 18.5 Å². The van der Waals surface area contributed by atoms with Crippen molar-refractivity contribution >= 4 is 21.6 Å². The van der Waals surface area contributed by atoms with Gasteiger partial charge in [0.15, 0.2) is 6.29 Å². The van der Waals surface area contributed by atoms with Gasteiger partial charge >= 0.3 is 0 Å². The van der Waals surface area contributed by atoms with Crippen LogP contribution in [0.3, 0.4) is 0 Å². The molecular weight excluding hydrogens is 192 g/mol. The largest absolute Gasteiger partial charge is 0.353 e. The normalized spacial score (nSPS) is 32.5. The maximum atomic E-state index is 5.79. The van der Waals surface area contributed by atoms with E-state index in [1.807, 2.05) is 21.6 Å². The lowest BCUT2D eigenvalue weighted by Gasteiger charge is -2.25. The first kappa shape index (κ1) is 9.19. The van der Waals surface area contributed by atoms with Gasteiger partial charge in [-0.3, -0.25) is 0 Å². The minimum absolute atomic E-state index is 0.100. The van der Waals surface area contributed by atoms with Crippen molar-refractivity contribution in [3.8, 4) is 0 Å². The quantitative estimate of drug-likeness (QED) is 0.645. The van der Waals surface area contributed by atoms with Gasteiger partial charge in [0.05, 0.1) is 6.10 Å². The monoisotopic (exact) mass is 206 g/mol. The third-order valence-corrected chi connectivity index (χ3v) is 4.57. The molecule has 70 valence electrons. The van der Waals surface area contributed by atoms with Crippen molar-refractivity contribution < 1.29 is 9.47 Å². The molecule has 2 saturated heterocycles. The lowest BCUT2D eigenvalue weighted by Crippen LogP contribution is -2.28. The Bertz CT molecular complexity index is 131. The molecule has 0 aromatic carbocycles. The van der Waals surface area contributed by atoms with E-state index in [-0.39, 0.29) is 6.29 Å². The molecule has 2 rings (SSSR count). The molecule has 1 atom stereocenters. The van der Waals surface area contributed by atoms with Gasteiger partial charge in [-0.05, 0) is 19.3 Å². The third kappa shape index (κ3) is 2.55. The summed E-state index contributed by atoms with van der Waals surface area (Å²) in [7, 11) is 3.81. The molecule has 2 heterocycles. The molecule has 2 nitrogen and oxygen atoms in total. The van der Waals surface area contributed by atoms with Crippen LogP contribution < -0.4 is 0 Å². The zero-order valence-electron chi connectivity index (χ0n) is 7.03. The number of hydrogen-bond acceptors (Lipinski definition) is 4. The minimum Gasteiger partial charge on any atom is -0.353 e. The number of rotatable bonds is 2. The maximum Gasteiger partial charge on any atom is 0.158 e. The van der Waals surface area contributed by atoms with Crippen LogP contribution in [0.25, 0.3) is 0 Å². The molecule has 0 aromatic heterocycles. The van der Waals surface area contributed by atoms with Crippen LogP contribution in [0.2, 0.25) is 0 Å². The van der Waals surface area contributed by atoms with Gasteiger partial charge < -0.3 is 9.47 Å². The molecule has 0 bridgehead atoms. The molecule has 0 spiro atoms. The van der Waals surface area contributed by atoms with Crippen molar-refractivity contribution in [1.82, 2.24) is 0 Å². The van der Waals surface area contributed by atoms with Gasteiger partial charge in [-0.25, -0.2) is 0 Å². The minimum atomic E-state index is 0.100. The van der Waals surface area contributed by atoms with E-state index in [9.17, 15) is 0 Å². The van der Waals surface area contributed by atoms with Crippen molar-refractivity contribution in [2.75, 3.05) is 18.1 Å². The highest BCUT2D eigenvalue weighted by Gasteiger charge is 2.23. The van der Waals surface area contributed by atoms with E-state index in [2.05, 4.69) is 0 Å². The Labute approximate surface area is 81.2 Å². The Kier molecular flexibility index (Phi) is 3.63. The molecule has 2 aliphatic rings. The second-order valence-corrected chi connectivity index (χ2v) is 5.68. The van der Waals surface area contributed by atoms with E-state index in [1.165, 1.54) is 12.8 Å². The molecule has 2 aliphatic heterocycles. The van der Waals surface area contributed by atoms with Gasteiger partial charge in [-0.15, -0.1) is 0 Å². The van der Waals surface area contributed by atoms with Gasteiger partial charge in [0.1, 0.15) is 0 Å². The first-order valence-corrected chi connectivity index (χ1v) is 6.95. The van der Waals surface area contributed by atoms with Crippen LogP contribution in [-0.2, 0) is 9.47 Å². The van der Waals surface area contributed by atoms with E-state index in [0.717, 1.165) is 24.5 Å². The zero-order valence-corrected chi connectivity index (χ0v) is 8.66. The van der Waals surface area contributed by atoms with Crippen LogP contribution in [0, 0.1) is 0 Å². The van der Waals surface area contributed by atoms with Gasteiger partial charge in [-0.1, -0.05) is 21.6 Å². The molecule has 0 radical (unpaired) electrons. The van der Waals surface area contributed by atoms with E-state index >= 15 is 0 Å². The first-order valence-electron chi connectivity index (χ1n) is 4.46. The van der Waals surface area contributed by atoms with Crippen LogP contribution in [0.15, 0.2) is 0 Å². The van der Waals surface area contributed by atoms with Crippen molar-refractivity contribution in [3.63, 3.8) is 0 Å². The molecule has 4 heteroatoms. The molecule has 12 heavy (non-hydrogen) atoms. The third-order valence-electron chi connectivity index (χ3n) is 2.07. The van der Waals surface area contributed by atoms with Crippen LogP contribution in [0.1, 0.15) is 19.3 Å². The lowest BCUT2D eigenvalue weighted by molar-refractivity contribution is -0.178. The number of hydrogen-bond donors (Lipinski definition) is 0. The highest BCUT2D eigenvalue weighted by Crippen LogP contribution is 2.33.